The van der Waals surface area contributed by atoms with Crippen molar-refractivity contribution in [2.45, 2.75) is 6.42 Å². The molecule has 0 saturated heterocycles. The highest BCUT2D eigenvalue weighted by Crippen LogP contribution is 2.30. The van der Waals surface area contributed by atoms with Crippen LogP contribution in [0.15, 0.2) is 18.2 Å². The molecule has 0 radical (unpaired) electrons. The second kappa shape index (κ2) is 2.79. The van der Waals surface area contributed by atoms with Crippen LogP contribution in [0.4, 0.5) is 0 Å². The van der Waals surface area contributed by atoms with E-state index in [-0.39, 0.29) is 5.78 Å². The summed E-state index contributed by atoms with van der Waals surface area (Å²) in [7, 11) is 0. The Balaban J connectivity index is 2.60. The minimum atomic E-state index is 0.0712. The smallest absolute Gasteiger partial charge is 0.171 e. The van der Waals surface area contributed by atoms with Gasteiger partial charge < -0.3 is 4.74 Å². The quantitative estimate of drug-likeness (QED) is 0.616. The van der Waals surface area contributed by atoms with E-state index in [1.54, 1.807) is 18.2 Å². The summed E-state index contributed by atoms with van der Waals surface area (Å²) in [6, 6.07) is 5.24. The second-order valence-corrected chi connectivity index (χ2v) is 3.04. The molecule has 0 spiro atoms. The van der Waals surface area contributed by atoms with E-state index in [9.17, 15) is 4.79 Å². The summed E-state index contributed by atoms with van der Waals surface area (Å²) in [5.74, 6) is 0.681. The molecule has 0 unspecified atom stereocenters. The molecule has 1 aromatic carbocycles. The largest absolute Gasteiger partial charge is 0.492 e. The highest BCUT2D eigenvalue weighted by Gasteiger charge is 2.20. The van der Waals surface area contributed by atoms with Gasteiger partial charge in [-0.1, -0.05) is 17.7 Å². The molecule has 0 aliphatic carbocycles. The van der Waals surface area contributed by atoms with Crippen molar-refractivity contribution in [2.75, 3.05) is 6.61 Å². The van der Waals surface area contributed by atoms with Crippen molar-refractivity contribution in [3.63, 3.8) is 0 Å². The molecule has 2 rings (SSSR count). The van der Waals surface area contributed by atoms with Crippen molar-refractivity contribution in [3.05, 3.63) is 28.8 Å². The SMILES string of the molecule is O=C1CCOc2cccc(Cl)c21. The summed E-state index contributed by atoms with van der Waals surface area (Å²) in [6.07, 6.45) is 0.427. The molecule has 1 aliphatic heterocycles. The Morgan fingerprint density at radius 2 is 2.25 bits per heavy atom. The highest BCUT2D eigenvalue weighted by atomic mass is 35.5. The molecule has 1 aromatic rings. The zero-order chi connectivity index (χ0) is 8.55. The second-order valence-electron chi connectivity index (χ2n) is 2.63. The van der Waals surface area contributed by atoms with E-state index >= 15 is 0 Å². The van der Waals surface area contributed by atoms with E-state index in [1.807, 2.05) is 0 Å². The van der Waals surface area contributed by atoms with E-state index in [2.05, 4.69) is 0 Å². The zero-order valence-electron chi connectivity index (χ0n) is 6.34. The van der Waals surface area contributed by atoms with Crippen LogP contribution in [0.3, 0.4) is 0 Å². The van der Waals surface area contributed by atoms with Crippen molar-refractivity contribution in [3.8, 4) is 5.75 Å². The van der Waals surface area contributed by atoms with E-state index in [1.165, 1.54) is 0 Å². The molecule has 3 heteroatoms. The number of Topliss-reactive ketones (excluding diaryl/α,β-unsaturated/α-hetero) is 1. The number of fused-ring (bicyclic) bond motifs is 1. The molecule has 0 atom stereocenters. The molecule has 0 aromatic heterocycles. The summed E-state index contributed by atoms with van der Waals surface area (Å²) in [6.45, 7) is 0.464. The molecule has 1 aliphatic rings. The number of halogens is 1. The Morgan fingerprint density at radius 3 is 3.00 bits per heavy atom. The van der Waals surface area contributed by atoms with Crippen LogP contribution in [-0.4, -0.2) is 12.4 Å². The average molecular weight is 183 g/mol. The van der Waals surface area contributed by atoms with Crippen LogP contribution in [0.25, 0.3) is 0 Å². The van der Waals surface area contributed by atoms with Gasteiger partial charge in [0.25, 0.3) is 0 Å². The van der Waals surface area contributed by atoms with Crippen LogP contribution in [0.5, 0.6) is 5.75 Å². The van der Waals surface area contributed by atoms with E-state index < -0.39 is 0 Å². The van der Waals surface area contributed by atoms with Gasteiger partial charge >= 0.3 is 0 Å². The maximum atomic E-state index is 11.3. The van der Waals surface area contributed by atoms with Crippen molar-refractivity contribution in [1.82, 2.24) is 0 Å². The lowest BCUT2D eigenvalue weighted by atomic mass is 10.1. The summed E-state index contributed by atoms with van der Waals surface area (Å²) in [4.78, 5) is 11.3. The summed E-state index contributed by atoms with van der Waals surface area (Å²) in [5.41, 5.74) is 0.533. The maximum absolute atomic E-state index is 11.3. The monoisotopic (exact) mass is 182 g/mol. The standard InChI is InChI=1S/C9H7ClO2/c10-6-2-1-3-8-9(6)7(11)4-5-12-8/h1-3H,4-5H2. The molecule has 0 bridgehead atoms. The van der Waals surface area contributed by atoms with Gasteiger partial charge in [-0.3, -0.25) is 4.79 Å². The number of hydrogen-bond acceptors (Lipinski definition) is 2. The summed E-state index contributed by atoms with van der Waals surface area (Å²) < 4.78 is 5.27. The first kappa shape index (κ1) is 7.62. The molecule has 1 heterocycles. The molecular formula is C9H7ClO2. The lowest BCUT2D eigenvalue weighted by Gasteiger charge is -2.16. The minimum absolute atomic E-state index is 0.0712. The van der Waals surface area contributed by atoms with Crippen LogP contribution in [0.2, 0.25) is 5.02 Å². The molecule has 0 amide bonds. The Hall–Kier alpha value is -1.02. The van der Waals surface area contributed by atoms with Gasteiger partial charge in [-0.05, 0) is 12.1 Å². The number of ketones is 1. The van der Waals surface area contributed by atoms with Gasteiger partial charge in [0.05, 0.1) is 17.2 Å². The number of hydrogen-bond donors (Lipinski definition) is 0. The normalized spacial score (nSPS) is 15.2. The minimum Gasteiger partial charge on any atom is -0.492 e. The zero-order valence-corrected chi connectivity index (χ0v) is 7.10. The van der Waals surface area contributed by atoms with E-state index in [0.29, 0.717) is 29.4 Å². The lowest BCUT2D eigenvalue weighted by Crippen LogP contribution is -2.15. The average Bonchev–Trinajstić information content (AvgIpc) is 2.04. The molecule has 12 heavy (non-hydrogen) atoms. The predicted octanol–water partition coefficient (Wildman–Crippen LogP) is 2.31. The predicted molar refractivity (Wildman–Crippen MR) is 45.9 cm³/mol. The number of ether oxygens (including phenoxy) is 1. The Labute approximate surface area is 75.1 Å². The molecule has 62 valence electrons. The third-order valence-electron chi connectivity index (χ3n) is 1.84. The van der Waals surface area contributed by atoms with Gasteiger partial charge in [0.15, 0.2) is 5.78 Å². The number of carbonyl (C=O) groups excluding carboxylic acids is 1. The van der Waals surface area contributed by atoms with Crippen LogP contribution >= 0.6 is 11.6 Å². The fourth-order valence-electron chi connectivity index (χ4n) is 1.27. The third kappa shape index (κ3) is 1.08. The molecular weight excluding hydrogens is 176 g/mol. The van der Waals surface area contributed by atoms with Gasteiger partial charge in [-0.15, -0.1) is 0 Å². The lowest BCUT2D eigenvalue weighted by molar-refractivity contribution is 0.0934. The van der Waals surface area contributed by atoms with Gasteiger partial charge in [0, 0.05) is 6.42 Å². The van der Waals surface area contributed by atoms with Gasteiger partial charge in [0.1, 0.15) is 5.75 Å². The molecule has 0 fully saturated rings. The van der Waals surface area contributed by atoms with Crippen LogP contribution in [-0.2, 0) is 0 Å². The fraction of sp³-hybridized carbons (Fsp3) is 0.222. The maximum Gasteiger partial charge on any atom is 0.171 e. The van der Waals surface area contributed by atoms with Crippen LogP contribution in [0.1, 0.15) is 16.8 Å². The van der Waals surface area contributed by atoms with Crippen molar-refractivity contribution >= 4 is 17.4 Å². The Kier molecular flexibility index (Phi) is 1.77. The van der Waals surface area contributed by atoms with Crippen molar-refractivity contribution in [2.24, 2.45) is 0 Å². The molecule has 2 nitrogen and oxygen atoms in total. The van der Waals surface area contributed by atoms with Gasteiger partial charge in [-0.2, -0.15) is 0 Å². The fourth-order valence-corrected chi connectivity index (χ4v) is 1.55. The third-order valence-corrected chi connectivity index (χ3v) is 2.16. The van der Waals surface area contributed by atoms with Gasteiger partial charge in [-0.25, -0.2) is 0 Å². The van der Waals surface area contributed by atoms with Crippen molar-refractivity contribution < 1.29 is 9.53 Å². The number of benzene rings is 1. The topological polar surface area (TPSA) is 26.3 Å². The first-order valence-corrected chi connectivity index (χ1v) is 4.11. The summed E-state index contributed by atoms with van der Waals surface area (Å²) >= 11 is 5.84. The van der Waals surface area contributed by atoms with Crippen LogP contribution in [0, 0.1) is 0 Å². The van der Waals surface area contributed by atoms with Gasteiger partial charge in [0.2, 0.25) is 0 Å². The highest BCUT2D eigenvalue weighted by molar-refractivity contribution is 6.34. The molecule has 0 saturated carbocycles. The van der Waals surface area contributed by atoms with Crippen molar-refractivity contribution in [1.29, 1.82) is 0 Å². The Bertz CT molecular complexity index is 333. The van der Waals surface area contributed by atoms with E-state index in [0.717, 1.165) is 0 Å². The molecule has 0 N–H and O–H groups in total. The van der Waals surface area contributed by atoms with E-state index in [4.69, 9.17) is 16.3 Å². The van der Waals surface area contributed by atoms with Crippen LogP contribution < -0.4 is 4.74 Å². The summed E-state index contributed by atoms with van der Waals surface area (Å²) in [5, 5.41) is 0.484. The first-order chi connectivity index (χ1) is 5.79. The first-order valence-electron chi connectivity index (χ1n) is 3.73. The number of carbonyl (C=O) groups is 1. The Morgan fingerprint density at radius 1 is 1.42 bits per heavy atom. The number of rotatable bonds is 0.